The van der Waals surface area contributed by atoms with Gasteiger partial charge in [-0.3, -0.25) is 14.3 Å². The molecule has 1 heterocycles. The molecular weight excluding hydrogens is 801 g/mol. The summed E-state index contributed by atoms with van der Waals surface area (Å²) >= 11 is 0. The maximum Gasteiger partial charge on any atom is 0.270 e. The number of rotatable bonds is 15. The summed E-state index contributed by atoms with van der Waals surface area (Å²) in [6.45, 7) is 10.9. The van der Waals surface area contributed by atoms with Crippen molar-refractivity contribution in [2.24, 2.45) is 0 Å². The van der Waals surface area contributed by atoms with Gasteiger partial charge in [-0.25, -0.2) is 32.8 Å². The number of aliphatic hydroxyl groups excluding tert-OH is 1. The fourth-order valence-corrected chi connectivity index (χ4v) is 7.75. The van der Waals surface area contributed by atoms with Gasteiger partial charge in [0.2, 0.25) is 20.0 Å². The molecule has 0 atom stereocenters. The monoisotopic (exact) mass is 839 g/mol. The largest absolute Gasteiger partial charge is 0.762 e. The zero-order chi connectivity index (χ0) is 43.9. The second-order valence-electron chi connectivity index (χ2n) is 13.4. The number of nitriles is 4. The Morgan fingerprint density at radius 1 is 0.833 bits per heavy atom. The minimum atomic E-state index is -3.55. The van der Waals surface area contributed by atoms with E-state index in [2.05, 4.69) is 36.2 Å². The van der Waals surface area contributed by atoms with Gasteiger partial charge in [-0.05, 0) is 71.5 Å². The third-order valence-electron chi connectivity index (χ3n) is 9.16. The molecule has 2 aromatic carbocycles. The number of hydrogen-bond donors (Lipinski definition) is 3. The number of anilines is 2. The molecule has 0 radical (unpaired) electrons. The second kappa shape index (κ2) is 20.9. The van der Waals surface area contributed by atoms with Crippen LogP contribution >= 0.6 is 0 Å². The Hall–Kier alpha value is -7.26. The van der Waals surface area contributed by atoms with Gasteiger partial charge in [-0.15, -0.1) is 0 Å². The average Bonchev–Trinajstić information content (AvgIpc) is 3.62. The average molecular weight is 840 g/mol. The Kier molecular flexibility index (Phi) is 15.9. The van der Waals surface area contributed by atoms with Crippen molar-refractivity contribution in [3.05, 3.63) is 152 Å². The van der Waals surface area contributed by atoms with Gasteiger partial charge in [0.15, 0.2) is 0 Å². The molecule has 2 aliphatic rings. The number of hydrogen-bond acceptors (Lipinski definition) is 11. The Balaban J connectivity index is 1.77. The predicted octanol–water partition coefficient (Wildman–Crippen LogP) is 5.40. The first-order chi connectivity index (χ1) is 28.7. The van der Waals surface area contributed by atoms with E-state index < -0.39 is 20.0 Å². The first-order valence-corrected chi connectivity index (χ1v) is 21.9. The summed E-state index contributed by atoms with van der Waals surface area (Å²) in [7, 11) is -7.11. The minimum absolute atomic E-state index is 0.0329. The fourth-order valence-electron chi connectivity index (χ4n) is 6.62. The van der Waals surface area contributed by atoms with Crippen molar-refractivity contribution in [1.29, 1.82) is 21.0 Å². The molecule has 15 nitrogen and oxygen atoms in total. The van der Waals surface area contributed by atoms with Crippen LogP contribution in [0.15, 0.2) is 124 Å². The molecule has 0 spiro atoms. The van der Waals surface area contributed by atoms with Crippen LogP contribution in [0.3, 0.4) is 0 Å². The van der Waals surface area contributed by atoms with E-state index in [-0.39, 0.29) is 51.5 Å². The van der Waals surface area contributed by atoms with Crippen LogP contribution in [0.2, 0.25) is 0 Å². The van der Waals surface area contributed by atoms with Crippen molar-refractivity contribution >= 4 is 48.4 Å². The van der Waals surface area contributed by atoms with Gasteiger partial charge in [-0.1, -0.05) is 48.6 Å². The minimum Gasteiger partial charge on any atom is -0.762 e. The number of nitrogens with zero attached hydrogens (tertiary/aromatic N) is 8. The van der Waals surface area contributed by atoms with Crippen molar-refractivity contribution in [3.63, 3.8) is 0 Å². The van der Waals surface area contributed by atoms with E-state index in [1.54, 1.807) is 12.2 Å². The van der Waals surface area contributed by atoms with Crippen LogP contribution in [-0.2, 0) is 20.0 Å². The molecule has 0 bridgehead atoms. The Morgan fingerprint density at radius 2 is 1.42 bits per heavy atom. The molecule has 0 saturated carbocycles. The Labute approximate surface area is 350 Å². The Bertz CT molecular complexity index is 2700. The third kappa shape index (κ3) is 12.4. The number of allylic oxidation sites excluding steroid dienone is 14. The molecule has 304 valence electrons. The van der Waals surface area contributed by atoms with Gasteiger partial charge in [0.1, 0.15) is 6.07 Å². The van der Waals surface area contributed by atoms with Crippen molar-refractivity contribution in [2.75, 3.05) is 61.3 Å². The molecule has 4 rings (SSSR count). The van der Waals surface area contributed by atoms with E-state index in [1.165, 1.54) is 60.7 Å². The van der Waals surface area contributed by atoms with Crippen molar-refractivity contribution < 1.29 is 21.9 Å². The summed E-state index contributed by atoms with van der Waals surface area (Å²) < 4.78 is 51.5. The van der Waals surface area contributed by atoms with Crippen LogP contribution in [0.5, 0.6) is 0 Å². The Morgan fingerprint density at radius 3 is 1.88 bits per heavy atom. The molecule has 3 N–H and O–H groups in total. The van der Waals surface area contributed by atoms with Gasteiger partial charge in [0.05, 0.1) is 60.6 Å². The lowest BCUT2D eigenvalue weighted by Gasteiger charge is -2.37. The van der Waals surface area contributed by atoms with Gasteiger partial charge < -0.3 is 15.4 Å². The molecule has 1 fully saturated rings. The normalized spacial score (nSPS) is 16.5. The maximum atomic E-state index is 11.7. The van der Waals surface area contributed by atoms with Gasteiger partial charge in [-0.2, -0.15) is 15.8 Å². The van der Waals surface area contributed by atoms with Crippen molar-refractivity contribution in [3.8, 4) is 24.3 Å². The predicted molar refractivity (Wildman–Crippen MR) is 230 cm³/mol. The summed E-state index contributed by atoms with van der Waals surface area (Å²) in [5, 5.41) is 59.3. The summed E-state index contributed by atoms with van der Waals surface area (Å²) in [4.78, 5) is 7.73. The highest BCUT2D eigenvalue weighted by atomic mass is 32.2. The summed E-state index contributed by atoms with van der Waals surface area (Å²) in [6, 6.07) is 19.8. The first-order valence-electron chi connectivity index (χ1n) is 18.2. The number of sulfonamides is 2. The maximum absolute atomic E-state index is 11.7. The third-order valence-corrected chi connectivity index (χ3v) is 10.4. The second-order valence-corrected chi connectivity index (χ2v) is 16.9. The van der Waals surface area contributed by atoms with Crippen LogP contribution in [-0.4, -0.2) is 89.5 Å². The van der Waals surface area contributed by atoms with Gasteiger partial charge in [0.25, 0.3) is 5.70 Å². The van der Waals surface area contributed by atoms with E-state index in [0.29, 0.717) is 56.7 Å². The van der Waals surface area contributed by atoms with Crippen LogP contribution in [0.4, 0.5) is 11.4 Å². The van der Waals surface area contributed by atoms with E-state index in [9.17, 15) is 48.4 Å². The standard InChI is InChI=1S/C43H39N10O5S2/c1-49-40(30-48)42(32-14-18-39(19-15-32)51-60(3,57)58)36(27-45)9-5-7-34-11-10-33(43(34)53-22-20-52(21-23-53)24-25-54)6-4-8-35(26-44)41(37(28-46)29-47)31-12-16-38(17-13-31)50-59(2,55)56/h4-9,12-19,50-51,54H,10-11,20-25H2,2-3H3/q-1/b7-5+,8-4+,33-6+,36-9+,41-35-,42-40-. The van der Waals surface area contributed by atoms with Crippen molar-refractivity contribution in [2.45, 2.75) is 12.8 Å². The number of nitrogens with one attached hydrogen (secondary N) is 2. The zero-order valence-electron chi connectivity index (χ0n) is 32.7. The number of benzene rings is 2. The molecule has 17 heteroatoms. The molecule has 1 saturated heterocycles. The zero-order valence-corrected chi connectivity index (χ0v) is 34.3. The highest BCUT2D eigenvalue weighted by Crippen LogP contribution is 2.36. The van der Waals surface area contributed by atoms with Crippen LogP contribution < -0.4 is 9.44 Å². The number of β-amino-alcohol motifs (C(OH)–C–C–N with tert-alkyl or cyclic N) is 1. The van der Waals surface area contributed by atoms with E-state index in [1.807, 2.05) is 30.2 Å². The molecule has 60 heavy (non-hydrogen) atoms. The molecule has 1 aliphatic carbocycles. The quantitative estimate of drug-likeness (QED) is 0.0888. The molecule has 1 aliphatic heterocycles. The van der Waals surface area contributed by atoms with E-state index >= 15 is 0 Å². The van der Waals surface area contributed by atoms with Gasteiger partial charge >= 0.3 is 0 Å². The lowest BCUT2D eigenvalue weighted by atomic mass is 9.94. The first kappa shape index (κ1) is 45.4. The smallest absolute Gasteiger partial charge is 0.270 e. The van der Waals surface area contributed by atoms with Crippen LogP contribution in [0.25, 0.3) is 21.4 Å². The topological polar surface area (TPSA) is 241 Å². The molecule has 0 aromatic heterocycles. The van der Waals surface area contributed by atoms with E-state index in [4.69, 9.17) is 6.57 Å². The highest BCUT2D eigenvalue weighted by molar-refractivity contribution is 7.92. The molecular formula is C43H39N10O5S2-. The van der Waals surface area contributed by atoms with E-state index in [0.717, 1.165) is 29.4 Å². The van der Waals surface area contributed by atoms with Crippen LogP contribution in [0, 0.1) is 51.9 Å². The summed E-state index contributed by atoms with van der Waals surface area (Å²) in [6.07, 6.45) is 13.3. The molecule has 0 amide bonds. The molecule has 2 aromatic rings. The van der Waals surface area contributed by atoms with Crippen LogP contribution in [0.1, 0.15) is 24.0 Å². The lowest BCUT2D eigenvalue weighted by molar-refractivity contribution is 0.133. The number of piperazine rings is 1. The lowest BCUT2D eigenvalue weighted by Crippen LogP contribution is -2.46. The SMILES string of the molecule is [C-]#[N+]\C(C#N)=C(/C(C#N)=C/C=C/C1=C(N2CCN(CCO)CC2)C(=C/C=C/C(C#N)=C(/C(=C=[N-])C#N)c2ccc(NS(C)(=O)=O)cc2)/CC1)c1ccc(NS(C)(=O)=O)cc1. The van der Waals surface area contributed by atoms with Crippen molar-refractivity contribution in [1.82, 2.24) is 9.80 Å². The highest BCUT2D eigenvalue weighted by Gasteiger charge is 2.26. The fraction of sp³-hybridized carbons (Fsp3) is 0.233. The summed E-state index contributed by atoms with van der Waals surface area (Å²) in [5.74, 6) is 1.85. The molecule has 0 unspecified atom stereocenters. The summed E-state index contributed by atoms with van der Waals surface area (Å²) in [5.41, 5.74) is 3.70. The van der Waals surface area contributed by atoms with Gasteiger partial charge in [0, 0.05) is 60.9 Å². The number of aliphatic hydroxyl groups is 1.